The normalized spacial score (nSPS) is 10.5. The molecule has 0 spiro atoms. The summed E-state index contributed by atoms with van der Waals surface area (Å²) in [5.41, 5.74) is 3.53. The number of nitrogens with zero attached hydrogens (tertiary/aromatic N) is 4. The zero-order valence-corrected chi connectivity index (χ0v) is 11.9. The molecule has 0 saturated heterocycles. The van der Waals surface area contributed by atoms with Gasteiger partial charge in [-0.1, -0.05) is 53.1 Å². The van der Waals surface area contributed by atoms with E-state index in [1.807, 2.05) is 30.3 Å². The smallest absolute Gasteiger partial charge is 0.247 e. The van der Waals surface area contributed by atoms with Gasteiger partial charge in [0.1, 0.15) is 0 Å². The van der Waals surface area contributed by atoms with Gasteiger partial charge in [0.2, 0.25) is 5.95 Å². The molecule has 5 heteroatoms. The maximum atomic E-state index is 4.03. The van der Waals surface area contributed by atoms with Crippen LogP contribution in [0.3, 0.4) is 0 Å². The number of aryl methyl sites for hydroxylation is 1. The highest BCUT2D eigenvalue weighted by atomic mass is 15.6. The highest BCUT2D eigenvalue weighted by Gasteiger charge is 2.06. The number of hydrogen-bond acceptors (Lipinski definition) is 4. The average molecular weight is 279 g/mol. The molecule has 0 radical (unpaired) electrons. The van der Waals surface area contributed by atoms with Gasteiger partial charge in [0, 0.05) is 6.54 Å². The van der Waals surface area contributed by atoms with E-state index in [-0.39, 0.29) is 0 Å². The first-order valence-corrected chi connectivity index (χ1v) is 6.96. The van der Waals surface area contributed by atoms with E-state index in [4.69, 9.17) is 0 Å². The lowest BCUT2D eigenvalue weighted by atomic mass is 10.1. The third kappa shape index (κ3) is 3.25. The Balaban J connectivity index is 1.66. The molecule has 0 bridgehead atoms. The fourth-order valence-corrected chi connectivity index (χ4v) is 2.23. The second-order valence-electron chi connectivity index (χ2n) is 4.92. The molecule has 1 N–H and O–H groups in total. The predicted octanol–water partition coefficient (Wildman–Crippen LogP) is 2.63. The number of rotatable bonds is 5. The van der Waals surface area contributed by atoms with E-state index in [0.29, 0.717) is 5.95 Å². The van der Waals surface area contributed by atoms with Crippen LogP contribution < -0.4 is 5.32 Å². The zero-order chi connectivity index (χ0) is 14.5. The molecule has 21 heavy (non-hydrogen) atoms. The maximum absolute atomic E-state index is 4.03. The third-order valence-electron chi connectivity index (χ3n) is 3.25. The molecule has 5 nitrogen and oxygen atoms in total. The summed E-state index contributed by atoms with van der Waals surface area (Å²) in [5, 5.41) is 15.1. The van der Waals surface area contributed by atoms with Crippen LogP contribution in [0.2, 0.25) is 0 Å². The summed E-state index contributed by atoms with van der Waals surface area (Å²) >= 11 is 0. The number of para-hydroxylation sites is 1. The lowest BCUT2D eigenvalue weighted by Gasteiger charge is -2.07. The molecule has 2 aromatic carbocycles. The summed E-state index contributed by atoms with van der Waals surface area (Å²) in [4.78, 5) is 0. The monoisotopic (exact) mass is 279 g/mol. The summed E-state index contributed by atoms with van der Waals surface area (Å²) in [5.74, 6) is 0.661. The molecule has 0 amide bonds. The highest BCUT2D eigenvalue weighted by molar-refractivity contribution is 5.38. The molecular weight excluding hydrogens is 262 g/mol. The van der Waals surface area contributed by atoms with Gasteiger partial charge < -0.3 is 5.32 Å². The van der Waals surface area contributed by atoms with E-state index >= 15 is 0 Å². The Morgan fingerprint density at radius 1 is 1.05 bits per heavy atom. The van der Waals surface area contributed by atoms with Crippen molar-refractivity contribution >= 4 is 5.95 Å². The minimum atomic E-state index is 0.661. The molecular formula is C16H17N5. The van der Waals surface area contributed by atoms with Crippen LogP contribution in [-0.2, 0) is 6.42 Å². The fraction of sp³-hybridized carbons (Fsp3) is 0.188. The maximum Gasteiger partial charge on any atom is 0.247 e. The van der Waals surface area contributed by atoms with Gasteiger partial charge in [-0.15, -0.1) is 0 Å². The molecule has 3 aromatic rings. The Kier molecular flexibility index (Phi) is 3.91. The molecule has 0 saturated carbocycles. The van der Waals surface area contributed by atoms with Crippen molar-refractivity contribution in [1.82, 2.24) is 20.2 Å². The van der Waals surface area contributed by atoms with Crippen molar-refractivity contribution in [2.45, 2.75) is 13.3 Å². The lowest BCUT2D eigenvalue weighted by Crippen LogP contribution is -2.10. The standard InChI is InChI=1S/C16H17N5/c1-13-6-5-7-14(12-13)10-11-17-16-18-19-20-21(16)15-8-3-2-4-9-15/h2-9,12H,10-11H2,1H3,(H,17,18,20). The van der Waals surface area contributed by atoms with Crippen LogP contribution in [0.4, 0.5) is 5.95 Å². The van der Waals surface area contributed by atoms with Gasteiger partial charge in [0.15, 0.2) is 0 Å². The van der Waals surface area contributed by atoms with Crippen LogP contribution in [-0.4, -0.2) is 26.8 Å². The first kappa shape index (κ1) is 13.3. The van der Waals surface area contributed by atoms with Gasteiger partial charge in [-0.05, 0) is 41.5 Å². The Bertz CT molecular complexity index is 705. The first-order chi connectivity index (χ1) is 10.3. The predicted molar refractivity (Wildman–Crippen MR) is 82.5 cm³/mol. The van der Waals surface area contributed by atoms with Gasteiger partial charge in [0.25, 0.3) is 0 Å². The van der Waals surface area contributed by atoms with Crippen molar-refractivity contribution in [3.8, 4) is 5.69 Å². The van der Waals surface area contributed by atoms with Crippen molar-refractivity contribution in [2.75, 3.05) is 11.9 Å². The van der Waals surface area contributed by atoms with E-state index in [9.17, 15) is 0 Å². The van der Waals surface area contributed by atoms with Crippen molar-refractivity contribution in [3.05, 3.63) is 65.7 Å². The SMILES string of the molecule is Cc1cccc(CCNc2nnnn2-c2ccccc2)c1. The number of tetrazole rings is 1. The molecule has 0 unspecified atom stereocenters. The third-order valence-corrected chi connectivity index (χ3v) is 3.25. The molecule has 0 aliphatic carbocycles. The van der Waals surface area contributed by atoms with Gasteiger partial charge >= 0.3 is 0 Å². The van der Waals surface area contributed by atoms with Gasteiger partial charge in [-0.2, -0.15) is 4.68 Å². The van der Waals surface area contributed by atoms with Crippen molar-refractivity contribution < 1.29 is 0 Å². The van der Waals surface area contributed by atoms with Crippen molar-refractivity contribution in [2.24, 2.45) is 0 Å². The van der Waals surface area contributed by atoms with Gasteiger partial charge in [0.05, 0.1) is 5.69 Å². The minimum absolute atomic E-state index is 0.661. The second-order valence-corrected chi connectivity index (χ2v) is 4.92. The number of benzene rings is 2. The number of anilines is 1. The van der Waals surface area contributed by atoms with Crippen molar-refractivity contribution in [1.29, 1.82) is 0 Å². The number of aromatic nitrogens is 4. The average Bonchev–Trinajstić information content (AvgIpc) is 2.97. The first-order valence-electron chi connectivity index (χ1n) is 6.96. The van der Waals surface area contributed by atoms with E-state index < -0.39 is 0 Å². The Hall–Kier alpha value is -2.69. The van der Waals surface area contributed by atoms with Crippen LogP contribution in [0.5, 0.6) is 0 Å². The van der Waals surface area contributed by atoms with Gasteiger partial charge in [-0.25, -0.2) is 0 Å². The van der Waals surface area contributed by atoms with Crippen LogP contribution >= 0.6 is 0 Å². The highest BCUT2D eigenvalue weighted by Crippen LogP contribution is 2.11. The van der Waals surface area contributed by atoms with Crippen LogP contribution in [0.1, 0.15) is 11.1 Å². The molecule has 0 aliphatic heterocycles. The lowest BCUT2D eigenvalue weighted by molar-refractivity contribution is 0.789. The molecule has 0 atom stereocenters. The second kappa shape index (κ2) is 6.17. The Labute approximate surface area is 123 Å². The molecule has 3 rings (SSSR count). The summed E-state index contributed by atoms with van der Waals surface area (Å²) in [7, 11) is 0. The topological polar surface area (TPSA) is 55.6 Å². The van der Waals surface area contributed by atoms with Crippen LogP contribution in [0.15, 0.2) is 54.6 Å². The largest absolute Gasteiger partial charge is 0.352 e. The summed E-state index contributed by atoms with van der Waals surface area (Å²) in [6, 6.07) is 18.4. The van der Waals surface area contributed by atoms with Crippen LogP contribution in [0, 0.1) is 6.92 Å². The van der Waals surface area contributed by atoms with E-state index in [1.165, 1.54) is 11.1 Å². The molecule has 0 fully saturated rings. The zero-order valence-electron chi connectivity index (χ0n) is 11.9. The summed E-state index contributed by atoms with van der Waals surface area (Å²) in [6.07, 6.45) is 0.934. The van der Waals surface area contributed by atoms with E-state index in [0.717, 1.165) is 18.7 Å². The van der Waals surface area contributed by atoms with Crippen LogP contribution in [0.25, 0.3) is 5.69 Å². The van der Waals surface area contributed by atoms with Gasteiger partial charge in [-0.3, -0.25) is 0 Å². The Morgan fingerprint density at radius 3 is 2.71 bits per heavy atom. The number of nitrogens with one attached hydrogen (secondary N) is 1. The molecule has 1 heterocycles. The quantitative estimate of drug-likeness (QED) is 0.780. The van der Waals surface area contributed by atoms with Crippen molar-refractivity contribution in [3.63, 3.8) is 0 Å². The number of hydrogen-bond donors (Lipinski definition) is 1. The molecule has 0 aliphatic rings. The molecule has 106 valence electrons. The summed E-state index contributed by atoms with van der Waals surface area (Å²) in [6.45, 7) is 2.89. The fourth-order valence-electron chi connectivity index (χ4n) is 2.23. The van der Waals surface area contributed by atoms with E-state index in [2.05, 4.69) is 52.0 Å². The summed E-state index contributed by atoms with van der Waals surface area (Å²) < 4.78 is 1.70. The molecule has 1 aromatic heterocycles. The van der Waals surface area contributed by atoms with E-state index in [1.54, 1.807) is 4.68 Å². The Morgan fingerprint density at radius 2 is 1.90 bits per heavy atom. The minimum Gasteiger partial charge on any atom is -0.352 e.